The van der Waals surface area contributed by atoms with Gasteiger partial charge in [-0.15, -0.1) is 0 Å². The van der Waals surface area contributed by atoms with Crippen LogP contribution in [0.3, 0.4) is 0 Å². The molecule has 3 heteroatoms. The summed E-state index contributed by atoms with van der Waals surface area (Å²) < 4.78 is 0. The number of aliphatic carboxylic acids is 1. The fourth-order valence-corrected chi connectivity index (χ4v) is 0.999. The Labute approximate surface area is 97.0 Å². The van der Waals surface area contributed by atoms with Gasteiger partial charge in [0.05, 0.1) is 0 Å². The SMILES string of the molecule is CC(C)CCCCCC(=O)[O-].[Na+]. The van der Waals surface area contributed by atoms with E-state index in [1.54, 1.807) is 0 Å². The van der Waals surface area contributed by atoms with E-state index in [0.29, 0.717) is 0 Å². The van der Waals surface area contributed by atoms with E-state index in [1.165, 1.54) is 6.42 Å². The van der Waals surface area contributed by atoms with Gasteiger partial charge in [-0.3, -0.25) is 0 Å². The van der Waals surface area contributed by atoms with Gasteiger partial charge in [0.15, 0.2) is 0 Å². The van der Waals surface area contributed by atoms with Gasteiger partial charge >= 0.3 is 29.6 Å². The van der Waals surface area contributed by atoms with Gasteiger partial charge in [0.25, 0.3) is 0 Å². The molecule has 0 aromatic heterocycles. The summed E-state index contributed by atoms with van der Waals surface area (Å²) in [5.74, 6) is -0.187. The van der Waals surface area contributed by atoms with Crippen molar-refractivity contribution in [2.75, 3.05) is 0 Å². The van der Waals surface area contributed by atoms with E-state index in [1.807, 2.05) is 0 Å². The van der Waals surface area contributed by atoms with Crippen molar-refractivity contribution in [3.05, 3.63) is 0 Å². The minimum Gasteiger partial charge on any atom is -0.550 e. The van der Waals surface area contributed by atoms with E-state index in [-0.39, 0.29) is 36.0 Å². The van der Waals surface area contributed by atoms with Gasteiger partial charge in [0.1, 0.15) is 0 Å². The number of carbonyl (C=O) groups is 1. The number of hydrogen-bond acceptors (Lipinski definition) is 2. The molecule has 0 amide bonds. The molecule has 0 aromatic carbocycles. The third-order valence-electron chi connectivity index (χ3n) is 1.66. The minimum atomic E-state index is -0.922. The summed E-state index contributed by atoms with van der Waals surface area (Å²) in [4.78, 5) is 9.99. The summed E-state index contributed by atoms with van der Waals surface area (Å²) in [5.41, 5.74) is 0. The molecule has 0 spiro atoms. The number of carboxylic acid groups (broad SMARTS) is 1. The van der Waals surface area contributed by atoms with Crippen LogP contribution in [-0.2, 0) is 4.79 Å². The maximum absolute atomic E-state index is 9.99. The molecule has 0 radical (unpaired) electrons. The van der Waals surface area contributed by atoms with Gasteiger partial charge in [0.2, 0.25) is 0 Å². The first-order chi connectivity index (χ1) is 5.13. The molecular weight excluding hydrogens is 163 g/mol. The fraction of sp³-hybridized carbons (Fsp3) is 0.889. The molecule has 2 nitrogen and oxygen atoms in total. The summed E-state index contributed by atoms with van der Waals surface area (Å²) in [6.07, 6.45) is 4.36. The molecule has 0 saturated carbocycles. The Balaban J connectivity index is 0. The summed E-state index contributed by atoms with van der Waals surface area (Å²) >= 11 is 0. The number of rotatable bonds is 6. The molecule has 0 aromatic rings. The van der Waals surface area contributed by atoms with Crippen LogP contribution in [0.25, 0.3) is 0 Å². The first-order valence-electron chi connectivity index (χ1n) is 4.32. The zero-order chi connectivity index (χ0) is 8.69. The zero-order valence-corrected chi connectivity index (χ0v) is 10.4. The van der Waals surface area contributed by atoms with E-state index in [9.17, 15) is 9.90 Å². The van der Waals surface area contributed by atoms with Gasteiger partial charge in [-0.2, -0.15) is 0 Å². The second kappa shape index (κ2) is 9.56. The van der Waals surface area contributed by atoms with Crippen molar-refractivity contribution in [3.8, 4) is 0 Å². The van der Waals surface area contributed by atoms with E-state index >= 15 is 0 Å². The van der Waals surface area contributed by atoms with E-state index in [2.05, 4.69) is 13.8 Å². The van der Waals surface area contributed by atoms with Gasteiger partial charge in [-0.05, 0) is 18.8 Å². The van der Waals surface area contributed by atoms with Crippen molar-refractivity contribution in [2.45, 2.75) is 46.0 Å². The average Bonchev–Trinajstić information content (AvgIpc) is 1.85. The minimum absolute atomic E-state index is 0. The maximum atomic E-state index is 9.99. The predicted molar refractivity (Wildman–Crippen MR) is 42.9 cm³/mol. The standard InChI is InChI=1S/C9H18O2.Na/c1-8(2)6-4-3-5-7-9(10)11;/h8H,3-7H2,1-2H3,(H,10,11);/q;+1/p-1. The molecule has 0 unspecified atom stereocenters. The van der Waals surface area contributed by atoms with Crippen molar-refractivity contribution >= 4 is 5.97 Å². The van der Waals surface area contributed by atoms with Crippen LogP contribution in [0, 0.1) is 5.92 Å². The molecule has 0 N–H and O–H groups in total. The number of hydrogen-bond donors (Lipinski definition) is 0. The van der Waals surface area contributed by atoms with Gasteiger partial charge in [-0.25, -0.2) is 0 Å². The fourth-order valence-electron chi connectivity index (χ4n) is 0.999. The van der Waals surface area contributed by atoms with Crippen LogP contribution in [0.5, 0.6) is 0 Å². The second-order valence-electron chi connectivity index (χ2n) is 3.37. The Kier molecular flexibility index (Phi) is 11.9. The first-order valence-corrected chi connectivity index (χ1v) is 4.32. The van der Waals surface area contributed by atoms with Crippen molar-refractivity contribution in [2.24, 2.45) is 5.92 Å². The van der Waals surface area contributed by atoms with Crippen molar-refractivity contribution in [1.29, 1.82) is 0 Å². The van der Waals surface area contributed by atoms with Gasteiger partial charge in [-0.1, -0.05) is 33.1 Å². The summed E-state index contributed by atoms with van der Waals surface area (Å²) in [7, 11) is 0. The van der Waals surface area contributed by atoms with Crippen LogP contribution < -0.4 is 34.7 Å². The molecule has 0 heterocycles. The van der Waals surface area contributed by atoms with Crippen molar-refractivity contribution in [1.82, 2.24) is 0 Å². The smallest absolute Gasteiger partial charge is 0.550 e. The zero-order valence-electron chi connectivity index (χ0n) is 8.43. The summed E-state index contributed by atoms with van der Waals surface area (Å²) in [6, 6.07) is 0. The molecule has 0 saturated heterocycles. The third-order valence-corrected chi connectivity index (χ3v) is 1.66. The molecule has 0 fully saturated rings. The number of carbonyl (C=O) groups excluding carboxylic acids is 1. The van der Waals surface area contributed by atoms with Crippen LogP contribution >= 0.6 is 0 Å². The monoisotopic (exact) mass is 180 g/mol. The van der Waals surface area contributed by atoms with Crippen LogP contribution in [0.1, 0.15) is 46.0 Å². The maximum Gasteiger partial charge on any atom is 1.00 e. The van der Waals surface area contributed by atoms with Crippen molar-refractivity contribution in [3.63, 3.8) is 0 Å². The quantitative estimate of drug-likeness (QED) is 0.363. The second-order valence-corrected chi connectivity index (χ2v) is 3.37. The normalized spacial score (nSPS) is 9.58. The molecule has 0 aliphatic carbocycles. The number of unbranched alkanes of at least 4 members (excludes halogenated alkanes) is 2. The average molecular weight is 180 g/mol. The van der Waals surface area contributed by atoms with Crippen LogP contribution in [0.15, 0.2) is 0 Å². The van der Waals surface area contributed by atoms with E-state index in [4.69, 9.17) is 0 Å². The van der Waals surface area contributed by atoms with Crippen LogP contribution in [0.2, 0.25) is 0 Å². The van der Waals surface area contributed by atoms with Crippen LogP contribution in [0.4, 0.5) is 0 Å². The Hall–Kier alpha value is 0.470. The Morgan fingerprint density at radius 3 is 2.25 bits per heavy atom. The number of carboxylic acids is 1. The Morgan fingerprint density at radius 2 is 1.83 bits per heavy atom. The third kappa shape index (κ3) is 13.1. The van der Waals surface area contributed by atoms with Gasteiger partial charge in [0, 0.05) is 5.97 Å². The van der Waals surface area contributed by atoms with Gasteiger partial charge < -0.3 is 9.90 Å². The Bertz CT molecular complexity index is 113. The van der Waals surface area contributed by atoms with Crippen LogP contribution in [-0.4, -0.2) is 5.97 Å². The largest absolute Gasteiger partial charge is 1.00 e. The van der Waals surface area contributed by atoms with Crippen molar-refractivity contribution < 1.29 is 39.5 Å². The predicted octanol–water partition coefficient (Wildman–Crippen LogP) is -1.65. The molecule has 0 bridgehead atoms. The topological polar surface area (TPSA) is 40.1 Å². The molecule has 0 rings (SSSR count). The molecule has 0 aliphatic rings. The molecule has 0 aliphatic heterocycles. The molecule has 12 heavy (non-hydrogen) atoms. The summed E-state index contributed by atoms with van der Waals surface area (Å²) in [5, 5.41) is 9.99. The first kappa shape index (κ1) is 15.0. The molecule has 66 valence electrons. The Morgan fingerprint density at radius 1 is 1.25 bits per heavy atom. The summed E-state index contributed by atoms with van der Waals surface area (Å²) in [6.45, 7) is 4.36. The molecule has 0 atom stereocenters. The van der Waals surface area contributed by atoms with E-state index < -0.39 is 5.97 Å². The van der Waals surface area contributed by atoms with E-state index in [0.717, 1.165) is 25.2 Å². The molecular formula is C9H17NaO2.